The molecule has 0 spiro atoms. The molecule has 0 aliphatic carbocycles. The maximum absolute atomic E-state index is 14.0. The topological polar surface area (TPSA) is 195 Å². The molecule has 0 aliphatic heterocycles. The number of rotatable bonds is 18. The van der Waals surface area contributed by atoms with Gasteiger partial charge in [-0.05, 0) is 108 Å². The maximum Gasteiger partial charge on any atom is 0.322 e. The van der Waals surface area contributed by atoms with Crippen LogP contribution in [0.3, 0.4) is 0 Å². The van der Waals surface area contributed by atoms with Crippen molar-refractivity contribution in [1.82, 2.24) is 9.29 Å². The number of nitrogens with one attached hydrogen (secondary N) is 2. The van der Waals surface area contributed by atoms with Crippen LogP contribution in [0.15, 0.2) is 143 Å². The standard InChI is InChI=1S/C33H35FN2O5.C17H18BrNO4S.Ca/c1-21(2)31-30(33(41)35-25-11-7-4-8-12-25)29(22-9-5-3-6-10-22)32(23-13-15-24(34)16-14-23)36(31)18-17-26(37)19-27(38)20-28(39)40;1-11(2)16(17(20)21)19-24(22,23)15-9-5-13(6-10-15)12-3-7-14(18)8-4-12;/h3-16,21,26-27,37-38H,17-20H2,1-2H3,(H,35,41)(H,39,40);3-11,16,19H,1-2H3,(H,20,21);/t26-,27-;16-;/m10./s1. The van der Waals surface area contributed by atoms with E-state index in [1.807, 2.05) is 103 Å². The minimum atomic E-state index is -3.89. The van der Waals surface area contributed by atoms with E-state index < -0.39 is 46.6 Å². The molecule has 6 N–H and O–H groups in total. The number of amides is 1. The SMILES string of the molecule is CC(C)[C@H](NS(=O)(=O)c1ccc(-c2ccc(Br)cc2)cc1)C(=O)O.CC(C)c1c(C(=O)Nc2ccccc2)c(-c2ccccc2)c(-c2ccc(F)cc2)n1CC[C@@H](O)C[C@@H](O)CC(=O)O.[Ca]. The number of aliphatic hydroxyl groups is 2. The molecule has 0 unspecified atom stereocenters. The van der Waals surface area contributed by atoms with Gasteiger partial charge in [0.1, 0.15) is 11.9 Å². The van der Waals surface area contributed by atoms with Crippen molar-refractivity contribution in [1.29, 1.82) is 0 Å². The second-order valence-corrected chi connectivity index (χ2v) is 18.8. The van der Waals surface area contributed by atoms with E-state index in [4.69, 9.17) is 10.2 Å². The van der Waals surface area contributed by atoms with Crippen molar-refractivity contribution in [2.75, 3.05) is 5.32 Å². The zero-order valence-corrected chi connectivity index (χ0v) is 41.7. The van der Waals surface area contributed by atoms with Crippen LogP contribution in [0.5, 0.6) is 0 Å². The van der Waals surface area contributed by atoms with Crippen LogP contribution in [-0.4, -0.2) is 107 Å². The Morgan fingerprint density at radius 3 is 1.76 bits per heavy atom. The van der Waals surface area contributed by atoms with E-state index >= 15 is 0 Å². The third-order valence-corrected chi connectivity index (χ3v) is 12.5. The number of hydrogen-bond donors (Lipinski definition) is 6. The molecule has 1 heterocycles. The summed E-state index contributed by atoms with van der Waals surface area (Å²) < 4.78 is 43.9. The predicted octanol–water partition coefficient (Wildman–Crippen LogP) is 9.44. The van der Waals surface area contributed by atoms with E-state index in [-0.39, 0.29) is 85.6 Å². The summed E-state index contributed by atoms with van der Waals surface area (Å²) in [4.78, 5) is 36.2. The molecule has 2 radical (unpaired) electrons. The molecule has 3 atom stereocenters. The molecule has 0 fully saturated rings. The van der Waals surface area contributed by atoms with Gasteiger partial charge in [0.05, 0.1) is 34.8 Å². The van der Waals surface area contributed by atoms with Crippen LogP contribution in [-0.2, 0) is 26.2 Å². The van der Waals surface area contributed by atoms with E-state index in [1.165, 1.54) is 24.3 Å². The minimum absolute atomic E-state index is 0. The Kier molecular flexibility index (Phi) is 20.3. The van der Waals surface area contributed by atoms with Crippen molar-refractivity contribution in [2.24, 2.45) is 5.92 Å². The first-order valence-electron chi connectivity index (χ1n) is 21.0. The quantitative estimate of drug-likeness (QED) is 0.0455. The van der Waals surface area contributed by atoms with Crippen molar-refractivity contribution in [2.45, 2.75) is 82.6 Å². The Morgan fingerprint density at radius 2 is 1.24 bits per heavy atom. The summed E-state index contributed by atoms with van der Waals surface area (Å²) in [5.74, 6) is -3.49. The molecule has 0 aliphatic rings. The summed E-state index contributed by atoms with van der Waals surface area (Å²) in [5, 5.41) is 41.9. The van der Waals surface area contributed by atoms with E-state index in [0.717, 1.165) is 26.9 Å². The largest absolute Gasteiger partial charge is 0.481 e. The van der Waals surface area contributed by atoms with Gasteiger partial charge in [-0.2, -0.15) is 4.72 Å². The molecule has 0 saturated heterocycles. The number of nitrogens with zero attached hydrogens (tertiary/aromatic N) is 1. The zero-order valence-electron chi connectivity index (χ0n) is 37.1. The van der Waals surface area contributed by atoms with Crippen LogP contribution in [0.1, 0.15) is 68.9 Å². The van der Waals surface area contributed by atoms with Crippen molar-refractivity contribution in [3.05, 3.63) is 155 Å². The Morgan fingerprint density at radius 1 is 0.712 bits per heavy atom. The fourth-order valence-electron chi connectivity index (χ4n) is 7.38. The Bertz CT molecular complexity index is 2650. The van der Waals surface area contributed by atoms with Crippen molar-refractivity contribution in [3.63, 3.8) is 0 Å². The number of hydrogen-bond acceptors (Lipinski definition) is 7. The second kappa shape index (κ2) is 24.9. The fraction of sp³-hybridized carbons (Fsp3) is 0.260. The summed E-state index contributed by atoms with van der Waals surface area (Å²) >= 11 is 3.37. The number of para-hydroxylation sites is 1. The number of aliphatic carboxylic acids is 2. The van der Waals surface area contributed by atoms with E-state index in [0.29, 0.717) is 28.1 Å². The van der Waals surface area contributed by atoms with Gasteiger partial charge < -0.3 is 30.3 Å². The molecule has 1 aromatic heterocycles. The summed E-state index contributed by atoms with van der Waals surface area (Å²) in [6.07, 6.45) is -2.51. The normalized spacial score (nSPS) is 12.6. The van der Waals surface area contributed by atoms with E-state index in [1.54, 1.807) is 38.1 Å². The molecular formula is C50H53BrCaFN3O9S. The van der Waals surface area contributed by atoms with E-state index in [2.05, 4.69) is 26.0 Å². The maximum atomic E-state index is 14.0. The number of benzene rings is 5. The summed E-state index contributed by atoms with van der Waals surface area (Å²) in [6, 6.07) is 37.6. The predicted molar refractivity (Wildman–Crippen MR) is 259 cm³/mol. The third kappa shape index (κ3) is 14.6. The number of carboxylic acid groups (broad SMARTS) is 2. The van der Waals surface area contributed by atoms with Crippen molar-refractivity contribution < 1.29 is 47.6 Å². The minimum Gasteiger partial charge on any atom is -0.481 e. The summed E-state index contributed by atoms with van der Waals surface area (Å²) in [7, 11) is -3.89. The number of carboxylic acids is 2. The first kappa shape index (κ1) is 53.9. The van der Waals surface area contributed by atoms with Gasteiger partial charge in [-0.3, -0.25) is 14.4 Å². The molecule has 12 nitrogen and oxygen atoms in total. The zero-order chi connectivity index (χ0) is 47.4. The summed E-state index contributed by atoms with van der Waals surface area (Å²) in [5.41, 5.74) is 6.61. The van der Waals surface area contributed by atoms with Crippen molar-refractivity contribution >= 4 is 87.2 Å². The van der Waals surface area contributed by atoms with Crippen LogP contribution in [0.2, 0.25) is 0 Å². The average molecular weight is 1010 g/mol. The van der Waals surface area contributed by atoms with Gasteiger partial charge in [0.2, 0.25) is 10.0 Å². The van der Waals surface area contributed by atoms with Crippen LogP contribution in [0, 0.1) is 11.7 Å². The second-order valence-electron chi connectivity index (χ2n) is 16.1. The smallest absolute Gasteiger partial charge is 0.322 e. The number of carbonyl (C=O) groups is 3. The van der Waals surface area contributed by atoms with Gasteiger partial charge in [-0.1, -0.05) is 116 Å². The third-order valence-electron chi connectivity index (χ3n) is 10.5. The Hall–Kier alpha value is -4.71. The molecule has 6 aromatic rings. The van der Waals surface area contributed by atoms with Crippen LogP contribution in [0.25, 0.3) is 33.5 Å². The average Bonchev–Trinajstić information content (AvgIpc) is 3.61. The monoisotopic (exact) mass is 1010 g/mol. The molecule has 16 heteroatoms. The van der Waals surface area contributed by atoms with Crippen LogP contribution < -0.4 is 10.0 Å². The number of sulfonamides is 1. The van der Waals surface area contributed by atoms with Crippen molar-refractivity contribution in [3.8, 4) is 33.5 Å². The fourth-order valence-corrected chi connectivity index (χ4v) is 8.98. The summed E-state index contributed by atoms with van der Waals surface area (Å²) in [6.45, 7) is 7.55. The van der Waals surface area contributed by atoms with Gasteiger partial charge in [0, 0.05) is 65.7 Å². The van der Waals surface area contributed by atoms with Crippen LogP contribution >= 0.6 is 15.9 Å². The Labute approximate surface area is 423 Å². The van der Waals surface area contributed by atoms with Gasteiger partial charge in [0.15, 0.2) is 0 Å². The van der Waals surface area contributed by atoms with Gasteiger partial charge in [-0.25, -0.2) is 12.8 Å². The number of aromatic nitrogens is 1. The molecule has 0 saturated carbocycles. The first-order chi connectivity index (χ1) is 30.9. The molecule has 66 heavy (non-hydrogen) atoms. The molecular weight excluding hydrogens is 958 g/mol. The van der Waals surface area contributed by atoms with E-state index in [9.17, 15) is 37.4 Å². The number of anilines is 1. The molecule has 0 bridgehead atoms. The molecule has 6 rings (SSSR count). The van der Waals surface area contributed by atoms with Gasteiger partial charge >= 0.3 is 11.9 Å². The van der Waals surface area contributed by atoms with Gasteiger partial charge in [0.25, 0.3) is 5.91 Å². The molecule has 5 aromatic carbocycles. The molecule has 344 valence electrons. The number of carbonyl (C=O) groups excluding carboxylic acids is 1. The number of aliphatic hydroxyl groups excluding tert-OH is 2. The molecule has 1 amide bonds. The Balaban J connectivity index is 0.000000325. The van der Waals surface area contributed by atoms with Gasteiger partial charge in [-0.15, -0.1) is 0 Å². The number of halogens is 2. The van der Waals surface area contributed by atoms with Crippen LogP contribution in [0.4, 0.5) is 10.1 Å². The first-order valence-corrected chi connectivity index (χ1v) is 23.3.